The Morgan fingerprint density at radius 2 is 2.33 bits per heavy atom. The first kappa shape index (κ1) is 10.3. The molecule has 1 aromatic heterocycles. The maximum atomic E-state index is 5.56. The second-order valence-electron chi connectivity index (χ2n) is 4.21. The highest BCUT2D eigenvalue weighted by Crippen LogP contribution is 2.28. The molecule has 1 aromatic rings. The molecule has 1 atom stereocenters. The summed E-state index contributed by atoms with van der Waals surface area (Å²) in [6.07, 6.45) is 7.46. The third kappa shape index (κ3) is 2.42. The summed E-state index contributed by atoms with van der Waals surface area (Å²) in [7, 11) is 0. The highest BCUT2D eigenvalue weighted by Gasteiger charge is 2.12. The molecule has 3 heteroatoms. The summed E-state index contributed by atoms with van der Waals surface area (Å²) in [6, 6.07) is 2.00. The number of nitrogens with zero attached hydrogens (tertiary/aromatic N) is 2. The Kier molecular flexibility index (Phi) is 3.11. The van der Waals surface area contributed by atoms with Crippen molar-refractivity contribution in [1.29, 1.82) is 0 Å². The van der Waals surface area contributed by atoms with Gasteiger partial charge in [0.05, 0.1) is 11.4 Å². The first-order valence-electron chi connectivity index (χ1n) is 5.50. The van der Waals surface area contributed by atoms with E-state index >= 15 is 0 Å². The summed E-state index contributed by atoms with van der Waals surface area (Å²) in [4.78, 5) is 8.41. The average molecular weight is 203 g/mol. The Morgan fingerprint density at radius 3 is 3.00 bits per heavy atom. The van der Waals surface area contributed by atoms with Crippen molar-refractivity contribution >= 4 is 5.57 Å². The van der Waals surface area contributed by atoms with Crippen LogP contribution in [0.3, 0.4) is 0 Å². The highest BCUT2D eigenvalue weighted by atomic mass is 14.8. The van der Waals surface area contributed by atoms with Crippen LogP contribution in [0.25, 0.3) is 5.57 Å². The molecule has 2 N–H and O–H groups in total. The second kappa shape index (κ2) is 4.53. The van der Waals surface area contributed by atoms with Gasteiger partial charge in [0.2, 0.25) is 0 Å². The van der Waals surface area contributed by atoms with Gasteiger partial charge in [-0.15, -0.1) is 0 Å². The Hall–Kier alpha value is -1.22. The van der Waals surface area contributed by atoms with Crippen molar-refractivity contribution < 1.29 is 0 Å². The molecule has 0 radical (unpaired) electrons. The molecule has 3 nitrogen and oxygen atoms in total. The van der Waals surface area contributed by atoms with Crippen molar-refractivity contribution in [2.45, 2.75) is 32.7 Å². The maximum absolute atomic E-state index is 5.56. The van der Waals surface area contributed by atoms with Gasteiger partial charge in [-0.05, 0) is 36.8 Å². The zero-order valence-electron chi connectivity index (χ0n) is 9.11. The Bertz CT molecular complexity index is 371. The summed E-state index contributed by atoms with van der Waals surface area (Å²) in [5.74, 6) is 0.810. The molecule has 0 amide bonds. The molecule has 2 rings (SSSR count). The molecular formula is C12H17N3. The number of hydrogen-bond donors (Lipinski definition) is 1. The number of allylic oxidation sites excluding steroid dienone is 2. The van der Waals surface area contributed by atoms with Gasteiger partial charge in [-0.25, -0.2) is 9.97 Å². The van der Waals surface area contributed by atoms with Crippen molar-refractivity contribution in [2.75, 3.05) is 0 Å². The lowest BCUT2D eigenvalue weighted by Gasteiger charge is -2.17. The molecule has 0 saturated heterocycles. The summed E-state index contributed by atoms with van der Waals surface area (Å²) in [6.45, 7) is 2.78. The number of hydrogen-bond acceptors (Lipinski definition) is 3. The second-order valence-corrected chi connectivity index (χ2v) is 4.21. The molecule has 0 spiro atoms. The highest BCUT2D eigenvalue weighted by molar-refractivity contribution is 5.63. The maximum Gasteiger partial charge on any atom is 0.116 e. The van der Waals surface area contributed by atoms with Gasteiger partial charge in [-0.3, -0.25) is 0 Å². The van der Waals surface area contributed by atoms with E-state index in [9.17, 15) is 0 Å². The van der Waals surface area contributed by atoms with Gasteiger partial charge in [0.15, 0.2) is 0 Å². The predicted octanol–water partition coefficient (Wildman–Crippen LogP) is 2.14. The molecule has 0 aromatic carbocycles. The van der Waals surface area contributed by atoms with Crippen LogP contribution in [-0.2, 0) is 6.54 Å². The number of rotatable bonds is 2. The lowest BCUT2D eigenvalue weighted by Crippen LogP contribution is -2.05. The van der Waals surface area contributed by atoms with Crippen molar-refractivity contribution in [3.05, 3.63) is 29.9 Å². The molecule has 0 aliphatic heterocycles. The van der Waals surface area contributed by atoms with E-state index in [0.29, 0.717) is 6.54 Å². The predicted molar refractivity (Wildman–Crippen MR) is 60.9 cm³/mol. The van der Waals surface area contributed by atoms with Gasteiger partial charge in [0.1, 0.15) is 6.33 Å². The summed E-state index contributed by atoms with van der Waals surface area (Å²) < 4.78 is 0. The monoisotopic (exact) mass is 203 g/mol. The van der Waals surface area contributed by atoms with Crippen LogP contribution in [0.15, 0.2) is 18.5 Å². The third-order valence-corrected chi connectivity index (χ3v) is 2.93. The minimum atomic E-state index is 0.485. The van der Waals surface area contributed by atoms with E-state index in [1.165, 1.54) is 12.0 Å². The molecule has 1 aliphatic carbocycles. The van der Waals surface area contributed by atoms with E-state index in [4.69, 9.17) is 5.73 Å². The fraction of sp³-hybridized carbons (Fsp3) is 0.500. The van der Waals surface area contributed by atoms with E-state index in [2.05, 4.69) is 23.0 Å². The SMILES string of the molecule is CC1CC=C(c2cc(CN)ncn2)CC1. The molecule has 1 heterocycles. The van der Waals surface area contributed by atoms with E-state index < -0.39 is 0 Å². The zero-order chi connectivity index (χ0) is 10.7. The molecule has 0 saturated carbocycles. The van der Waals surface area contributed by atoms with E-state index in [1.807, 2.05) is 6.07 Å². The molecule has 80 valence electrons. The normalized spacial score (nSPS) is 21.2. The molecule has 1 unspecified atom stereocenters. The lowest BCUT2D eigenvalue weighted by atomic mass is 9.89. The van der Waals surface area contributed by atoms with Crippen LogP contribution in [-0.4, -0.2) is 9.97 Å². The van der Waals surface area contributed by atoms with Gasteiger partial charge in [-0.1, -0.05) is 13.0 Å². The van der Waals surface area contributed by atoms with Crippen molar-refractivity contribution in [3.8, 4) is 0 Å². The standard InChI is InChI=1S/C12H17N3/c1-9-2-4-10(5-3-9)12-6-11(7-13)14-8-15-12/h4,6,8-9H,2-3,5,7,13H2,1H3. The third-order valence-electron chi connectivity index (χ3n) is 2.93. The Labute approximate surface area is 90.4 Å². The fourth-order valence-electron chi connectivity index (χ4n) is 1.88. The van der Waals surface area contributed by atoms with Crippen molar-refractivity contribution in [3.63, 3.8) is 0 Å². The smallest absolute Gasteiger partial charge is 0.116 e. The molecule has 1 aliphatic rings. The van der Waals surface area contributed by atoms with Crippen molar-refractivity contribution in [2.24, 2.45) is 11.7 Å². The Balaban J connectivity index is 2.22. The summed E-state index contributed by atoms with van der Waals surface area (Å²) >= 11 is 0. The molecule has 0 bridgehead atoms. The minimum absolute atomic E-state index is 0.485. The van der Waals surface area contributed by atoms with Gasteiger partial charge in [-0.2, -0.15) is 0 Å². The van der Waals surface area contributed by atoms with E-state index in [-0.39, 0.29) is 0 Å². The minimum Gasteiger partial charge on any atom is -0.325 e. The molecular weight excluding hydrogens is 186 g/mol. The van der Waals surface area contributed by atoms with Gasteiger partial charge >= 0.3 is 0 Å². The topological polar surface area (TPSA) is 51.8 Å². The summed E-state index contributed by atoms with van der Waals surface area (Å²) in [5.41, 5.74) is 8.88. The van der Waals surface area contributed by atoms with Gasteiger partial charge in [0, 0.05) is 6.54 Å². The van der Waals surface area contributed by atoms with Crippen LogP contribution in [0, 0.1) is 5.92 Å². The average Bonchev–Trinajstić information content (AvgIpc) is 2.30. The fourth-order valence-corrected chi connectivity index (χ4v) is 1.88. The largest absolute Gasteiger partial charge is 0.325 e. The first-order chi connectivity index (χ1) is 7.29. The number of nitrogens with two attached hydrogens (primary N) is 1. The van der Waals surface area contributed by atoms with Crippen LogP contribution < -0.4 is 5.73 Å². The lowest BCUT2D eigenvalue weighted by molar-refractivity contribution is 0.533. The van der Waals surface area contributed by atoms with Gasteiger partial charge in [0.25, 0.3) is 0 Å². The van der Waals surface area contributed by atoms with E-state index in [0.717, 1.165) is 30.1 Å². The molecule has 0 fully saturated rings. The quantitative estimate of drug-likeness (QED) is 0.801. The van der Waals surface area contributed by atoms with Crippen LogP contribution in [0.2, 0.25) is 0 Å². The van der Waals surface area contributed by atoms with Crippen LogP contribution in [0.5, 0.6) is 0 Å². The first-order valence-corrected chi connectivity index (χ1v) is 5.50. The van der Waals surface area contributed by atoms with Crippen LogP contribution in [0.1, 0.15) is 37.6 Å². The van der Waals surface area contributed by atoms with E-state index in [1.54, 1.807) is 6.33 Å². The number of aromatic nitrogens is 2. The molecule has 15 heavy (non-hydrogen) atoms. The Morgan fingerprint density at radius 1 is 1.47 bits per heavy atom. The van der Waals surface area contributed by atoms with Crippen molar-refractivity contribution in [1.82, 2.24) is 9.97 Å². The van der Waals surface area contributed by atoms with Gasteiger partial charge < -0.3 is 5.73 Å². The summed E-state index contributed by atoms with van der Waals surface area (Å²) in [5, 5.41) is 0. The zero-order valence-corrected chi connectivity index (χ0v) is 9.11. The van der Waals surface area contributed by atoms with Crippen LogP contribution >= 0.6 is 0 Å². The van der Waals surface area contributed by atoms with Crippen LogP contribution in [0.4, 0.5) is 0 Å².